The molecule has 0 spiro atoms. The van der Waals surface area contributed by atoms with E-state index in [0.29, 0.717) is 11.4 Å². The fraction of sp³-hybridized carbons (Fsp3) is 0. The summed E-state index contributed by atoms with van der Waals surface area (Å²) in [6, 6.07) is 6.45. The van der Waals surface area contributed by atoms with Gasteiger partial charge in [0.05, 0.1) is 17.1 Å². The number of hydrogen-bond acceptors (Lipinski definition) is 4. The van der Waals surface area contributed by atoms with Crippen LogP contribution in [0.2, 0.25) is 0 Å². The molecule has 1 aromatic rings. The van der Waals surface area contributed by atoms with Gasteiger partial charge in [0, 0.05) is 0 Å². The molecule has 4 heteroatoms. The van der Waals surface area contributed by atoms with Gasteiger partial charge in [-0.15, -0.1) is 0 Å². The molecule has 0 saturated heterocycles. The molecule has 0 radical (unpaired) electrons. The zero-order chi connectivity index (χ0) is 11.5. The SMILES string of the molecule is NC1=CC(=Nc2ccc(O)cc2)C=CC1=O. The van der Waals surface area contributed by atoms with Gasteiger partial charge < -0.3 is 10.8 Å². The van der Waals surface area contributed by atoms with Crippen molar-refractivity contribution in [2.24, 2.45) is 10.7 Å². The minimum Gasteiger partial charge on any atom is -0.508 e. The third kappa shape index (κ3) is 2.17. The first kappa shape index (κ1) is 10.2. The molecule has 0 fully saturated rings. The highest BCUT2D eigenvalue weighted by atomic mass is 16.3. The lowest BCUT2D eigenvalue weighted by Gasteiger charge is -2.03. The number of rotatable bonds is 1. The van der Waals surface area contributed by atoms with Crippen molar-refractivity contribution in [3.05, 3.63) is 48.2 Å². The number of aliphatic imine (C=N–C) groups is 1. The van der Waals surface area contributed by atoms with Gasteiger partial charge in [-0.05, 0) is 42.5 Å². The zero-order valence-electron chi connectivity index (χ0n) is 8.42. The van der Waals surface area contributed by atoms with Crippen LogP contribution in [0, 0.1) is 0 Å². The molecule has 2 rings (SSSR count). The molecule has 0 unspecified atom stereocenters. The topological polar surface area (TPSA) is 75.7 Å². The van der Waals surface area contributed by atoms with Gasteiger partial charge in [-0.1, -0.05) is 0 Å². The van der Waals surface area contributed by atoms with E-state index in [1.807, 2.05) is 0 Å². The fourth-order valence-corrected chi connectivity index (χ4v) is 1.28. The Labute approximate surface area is 92.4 Å². The van der Waals surface area contributed by atoms with E-state index in [-0.39, 0.29) is 17.2 Å². The van der Waals surface area contributed by atoms with Crippen molar-refractivity contribution < 1.29 is 9.90 Å². The molecule has 1 aliphatic rings. The monoisotopic (exact) mass is 214 g/mol. The summed E-state index contributed by atoms with van der Waals surface area (Å²) in [6.07, 6.45) is 4.51. The lowest BCUT2D eigenvalue weighted by molar-refractivity contribution is -0.111. The van der Waals surface area contributed by atoms with Crippen LogP contribution in [0.4, 0.5) is 5.69 Å². The number of nitrogens with two attached hydrogens (primary N) is 1. The third-order valence-electron chi connectivity index (χ3n) is 2.10. The molecule has 80 valence electrons. The Morgan fingerprint density at radius 1 is 1.12 bits per heavy atom. The van der Waals surface area contributed by atoms with Gasteiger partial charge in [-0.2, -0.15) is 0 Å². The summed E-state index contributed by atoms with van der Waals surface area (Å²) in [5.41, 5.74) is 6.97. The molecule has 0 amide bonds. The van der Waals surface area contributed by atoms with E-state index in [1.54, 1.807) is 30.3 Å². The van der Waals surface area contributed by atoms with Gasteiger partial charge >= 0.3 is 0 Å². The fourth-order valence-electron chi connectivity index (χ4n) is 1.28. The number of nitrogens with zero attached hydrogens (tertiary/aromatic N) is 1. The minimum atomic E-state index is -0.204. The van der Waals surface area contributed by atoms with E-state index in [2.05, 4.69) is 4.99 Å². The summed E-state index contributed by atoms with van der Waals surface area (Å²) in [5.74, 6) is -0.0157. The van der Waals surface area contributed by atoms with Crippen LogP contribution in [0.25, 0.3) is 0 Å². The molecule has 0 saturated carbocycles. The molecule has 0 heterocycles. The average Bonchev–Trinajstić information content (AvgIpc) is 2.27. The molecule has 4 nitrogen and oxygen atoms in total. The number of carbonyl (C=O) groups excluding carboxylic acids is 1. The van der Waals surface area contributed by atoms with Crippen LogP contribution in [-0.2, 0) is 4.79 Å². The van der Waals surface area contributed by atoms with Crippen molar-refractivity contribution in [3.8, 4) is 5.75 Å². The second kappa shape index (κ2) is 4.02. The third-order valence-corrected chi connectivity index (χ3v) is 2.10. The smallest absolute Gasteiger partial charge is 0.201 e. The summed E-state index contributed by atoms with van der Waals surface area (Å²) in [6.45, 7) is 0. The maximum Gasteiger partial charge on any atom is 0.201 e. The number of aromatic hydroxyl groups is 1. The van der Waals surface area contributed by atoms with E-state index in [0.717, 1.165) is 0 Å². The second-order valence-electron chi connectivity index (χ2n) is 3.35. The van der Waals surface area contributed by atoms with Gasteiger partial charge in [-0.25, -0.2) is 4.99 Å². The first-order valence-corrected chi connectivity index (χ1v) is 4.72. The average molecular weight is 214 g/mol. The van der Waals surface area contributed by atoms with Crippen molar-refractivity contribution >= 4 is 17.2 Å². The number of allylic oxidation sites excluding steroid dienone is 3. The molecule has 0 bridgehead atoms. The Balaban J connectivity index is 2.29. The highest BCUT2D eigenvalue weighted by Crippen LogP contribution is 2.17. The molecule has 3 N–H and O–H groups in total. The molecule has 0 aromatic heterocycles. The summed E-state index contributed by atoms with van der Waals surface area (Å²) in [4.78, 5) is 15.3. The quantitative estimate of drug-likeness (QED) is 0.694. The normalized spacial score (nSPS) is 17.6. The van der Waals surface area contributed by atoms with E-state index in [9.17, 15) is 4.79 Å². The van der Waals surface area contributed by atoms with Crippen LogP contribution in [0.15, 0.2) is 53.2 Å². The summed E-state index contributed by atoms with van der Waals surface area (Å²) in [7, 11) is 0. The Morgan fingerprint density at radius 2 is 1.81 bits per heavy atom. The Morgan fingerprint density at radius 3 is 2.44 bits per heavy atom. The molecule has 16 heavy (non-hydrogen) atoms. The van der Waals surface area contributed by atoms with E-state index < -0.39 is 0 Å². The van der Waals surface area contributed by atoms with Crippen molar-refractivity contribution in [2.75, 3.05) is 0 Å². The molecular weight excluding hydrogens is 204 g/mol. The zero-order valence-corrected chi connectivity index (χ0v) is 8.42. The Hall–Kier alpha value is -2.36. The van der Waals surface area contributed by atoms with Gasteiger partial charge in [0.15, 0.2) is 0 Å². The first-order valence-electron chi connectivity index (χ1n) is 4.72. The van der Waals surface area contributed by atoms with Crippen molar-refractivity contribution in [2.45, 2.75) is 0 Å². The van der Waals surface area contributed by atoms with Gasteiger partial charge in [0.1, 0.15) is 5.75 Å². The highest BCUT2D eigenvalue weighted by molar-refractivity contribution is 6.19. The lowest BCUT2D eigenvalue weighted by Crippen LogP contribution is -2.14. The van der Waals surface area contributed by atoms with E-state index in [4.69, 9.17) is 10.8 Å². The number of benzene rings is 1. The van der Waals surface area contributed by atoms with Crippen LogP contribution in [0.1, 0.15) is 0 Å². The molecule has 1 aliphatic carbocycles. The van der Waals surface area contributed by atoms with Crippen molar-refractivity contribution in [1.29, 1.82) is 0 Å². The maximum atomic E-state index is 11.1. The van der Waals surface area contributed by atoms with E-state index >= 15 is 0 Å². The van der Waals surface area contributed by atoms with Crippen LogP contribution in [0.3, 0.4) is 0 Å². The van der Waals surface area contributed by atoms with Crippen LogP contribution >= 0.6 is 0 Å². The van der Waals surface area contributed by atoms with Crippen LogP contribution in [-0.4, -0.2) is 16.6 Å². The number of ketones is 1. The predicted molar refractivity (Wildman–Crippen MR) is 61.6 cm³/mol. The Bertz CT molecular complexity index is 510. The van der Waals surface area contributed by atoms with Crippen molar-refractivity contribution in [3.63, 3.8) is 0 Å². The second-order valence-corrected chi connectivity index (χ2v) is 3.35. The predicted octanol–water partition coefficient (Wildman–Crippen LogP) is 1.45. The maximum absolute atomic E-state index is 11.1. The van der Waals surface area contributed by atoms with Gasteiger partial charge in [0.25, 0.3) is 0 Å². The van der Waals surface area contributed by atoms with Gasteiger partial charge in [0.2, 0.25) is 5.78 Å². The summed E-state index contributed by atoms with van der Waals surface area (Å²) in [5, 5.41) is 9.10. The molecule has 1 aromatic carbocycles. The molecule has 0 aliphatic heterocycles. The number of phenols is 1. The van der Waals surface area contributed by atoms with Crippen LogP contribution < -0.4 is 5.73 Å². The van der Waals surface area contributed by atoms with Gasteiger partial charge in [-0.3, -0.25) is 4.79 Å². The molecule has 0 atom stereocenters. The highest BCUT2D eigenvalue weighted by Gasteiger charge is 2.07. The lowest BCUT2D eigenvalue weighted by atomic mass is 10.1. The minimum absolute atomic E-state index is 0.181. The first-order chi connectivity index (χ1) is 7.65. The Kier molecular flexibility index (Phi) is 2.55. The summed E-state index contributed by atoms with van der Waals surface area (Å²) >= 11 is 0. The number of hydrogen-bond donors (Lipinski definition) is 2. The largest absolute Gasteiger partial charge is 0.508 e. The summed E-state index contributed by atoms with van der Waals surface area (Å²) < 4.78 is 0. The van der Waals surface area contributed by atoms with Crippen LogP contribution in [0.5, 0.6) is 5.75 Å². The van der Waals surface area contributed by atoms with Crippen molar-refractivity contribution in [1.82, 2.24) is 0 Å². The van der Waals surface area contributed by atoms with E-state index in [1.165, 1.54) is 12.2 Å². The molecular formula is C12H10N2O2. The number of carbonyl (C=O) groups is 1. The standard InChI is InChI=1S/C12H10N2O2/c13-11-7-9(3-6-12(11)16)14-8-1-4-10(15)5-2-8/h1-7,15H,13H2. The number of phenolic OH excluding ortho intramolecular Hbond substituents is 1.